The largest absolute Gasteiger partial charge is 0.394 e. The van der Waals surface area contributed by atoms with Crippen LogP contribution in [-0.2, 0) is 53.0 Å². The van der Waals surface area contributed by atoms with Gasteiger partial charge in [0.1, 0.15) is 48.8 Å². The van der Waals surface area contributed by atoms with Crippen molar-refractivity contribution in [2.24, 2.45) is 0 Å². The van der Waals surface area contributed by atoms with Crippen LogP contribution >= 0.6 is 0 Å². The van der Waals surface area contributed by atoms with Gasteiger partial charge in [-0.25, -0.2) is 0 Å². The van der Waals surface area contributed by atoms with E-state index in [1.54, 1.807) is 0 Å². The maximum absolute atomic E-state index is 10.8. The summed E-state index contributed by atoms with van der Waals surface area (Å²) in [4.78, 5) is 0. The number of aliphatic hydroxyl groups excluding tert-OH is 4. The first-order chi connectivity index (χ1) is 22.0. The Balaban J connectivity index is 1.42. The second-order valence-electron chi connectivity index (χ2n) is 11.1. The summed E-state index contributed by atoms with van der Waals surface area (Å²) in [6, 6.07) is 29.0. The fourth-order valence-corrected chi connectivity index (χ4v) is 5.47. The smallest absolute Gasteiger partial charge is 0.187 e. The van der Waals surface area contributed by atoms with Gasteiger partial charge in [-0.1, -0.05) is 91.0 Å². The van der Waals surface area contributed by atoms with Gasteiger partial charge < -0.3 is 53.6 Å². The molecule has 0 aromatic heterocycles. The van der Waals surface area contributed by atoms with Crippen molar-refractivity contribution in [2.75, 3.05) is 20.3 Å². The summed E-state index contributed by atoms with van der Waals surface area (Å²) in [6.07, 6.45) is -11.7. The lowest BCUT2D eigenvalue weighted by molar-refractivity contribution is -0.372. The molecule has 5 rings (SSSR count). The van der Waals surface area contributed by atoms with Crippen molar-refractivity contribution in [2.45, 2.75) is 81.2 Å². The van der Waals surface area contributed by atoms with E-state index in [4.69, 9.17) is 33.2 Å². The van der Waals surface area contributed by atoms with E-state index in [2.05, 4.69) is 0 Å². The number of rotatable bonds is 14. The lowest BCUT2D eigenvalue weighted by atomic mass is 9.96. The SMILES string of the molecule is CO[C@H]1O[C@@H](COCc2ccccc2)[C@@H](OCc2ccccc2)[C@@H](OCc2ccccc2)[C@H]1O[C@H]1O[C@H](CO)[C@@H](O)[C@H](O)[C@@H]1O. The van der Waals surface area contributed by atoms with E-state index in [0.29, 0.717) is 6.61 Å². The molecular weight excluding hydrogens is 584 g/mol. The number of aliphatic hydroxyl groups is 4. The van der Waals surface area contributed by atoms with E-state index in [0.717, 1.165) is 16.7 Å². The van der Waals surface area contributed by atoms with Crippen molar-refractivity contribution < 1.29 is 53.6 Å². The fourth-order valence-electron chi connectivity index (χ4n) is 5.47. The van der Waals surface area contributed by atoms with E-state index in [1.165, 1.54) is 7.11 Å². The first-order valence-electron chi connectivity index (χ1n) is 15.1. The van der Waals surface area contributed by atoms with Gasteiger partial charge in [0.15, 0.2) is 12.6 Å². The van der Waals surface area contributed by atoms with Gasteiger partial charge in [0, 0.05) is 7.11 Å². The van der Waals surface area contributed by atoms with Crippen LogP contribution in [0.15, 0.2) is 91.0 Å². The third kappa shape index (κ3) is 8.73. The molecule has 2 saturated heterocycles. The molecule has 2 fully saturated rings. The second kappa shape index (κ2) is 16.7. The zero-order valence-corrected chi connectivity index (χ0v) is 25.1. The van der Waals surface area contributed by atoms with E-state index < -0.39 is 68.0 Å². The Kier molecular flexibility index (Phi) is 12.4. The Bertz CT molecular complexity index is 1250. The highest BCUT2D eigenvalue weighted by molar-refractivity contribution is 5.15. The van der Waals surface area contributed by atoms with Crippen LogP contribution in [0.2, 0.25) is 0 Å². The first-order valence-corrected chi connectivity index (χ1v) is 15.1. The molecule has 2 heterocycles. The molecule has 11 heteroatoms. The highest BCUT2D eigenvalue weighted by Gasteiger charge is 2.52. The molecule has 11 nitrogen and oxygen atoms in total. The topological polar surface area (TPSA) is 146 Å². The zero-order chi connectivity index (χ0) is 31.6. The van der Waals surface area contributed by atoms with Crippen LogP contribution in [0.3, 0.4) is 0 Å². The predicted molar refractivity (Wildman–Crippen MR) is 160 cm³/mol. The molecule has 0 unspecified atom stereocenters. The molecule has 0 amide bonds. The van der Waals surface area contributed by atoms with E-state index >= 15 is 0 Å². The average molecular weight is 627 g/mol. The van der Waals surface area contributed by atoms with Crippen molar-refractivity contribution in [3.8, 4) is 0 Å². The number of ether oxygens (including phenoxy) is 7. The van der Waals surface area contributed by atoms with E-state index in [1.807, 2.05) is 91.0 Å². The van der Waals surface area contributed by atoms with E-state index in [-0.39, 0.29) is 19.8 Å². The van der Waals surface area contributed by atoms with Gasteiger partial charge in [0.05, 0.1) is 33.0 Å². The molecule has 0 bridgehead atoms. The molecule has 45 heavy (non-hydrogen) atoms. The van der Waals surface area contributed by atoms with Crippen LogP contribution in [0.25, 0.3) is 0 Å². The lowest BCUT2D eigenvalue weighted by Crippen LogP contribution is -2.65. The van der Waals surface area contributed by atoms with Crippen molar-refractivity contribution in [1.82, 2.24) is 0 Å². The summed E-state index contributed by atoms with van der Waals surface area (Å²) in [6.45, 7) is 0.326. The van der Waals surface area contributed by atoms with Gasteiger partial charge in [-0.05, 0) is 16.7 Å². The van der Waals surface area contributed by atoms with Crippen LogP contribution in [0.4, 0.5) is 0 Å². The van der Waals surface area contributed by atoms with Gasteiger partial charge in [0.25, 0.3) is 0 Å². The molecule has 2 aliphatic rings. The molecule has 244 valence electrons. The van der Waals surface area contributed by atoms with Gasteiger partial charge in [-0.15, -0.1) is 0 Å². The number of hydrogen-bond donors (Lipinski definition) is 4. The molecule has 2 aliphatic heterocycles. The fraction of sp³-hybridized carbons (Fsp3) is 0.471. The Morgan fingerprint density at radius 3 is 1.62 bits per heavy atom. The maximum Gasteiger partial charge on any atom is 0.187 e. The predicted octanol–water partition coefficient (Wildman–Crippen LogP) is 1.93. The van der Waals surface area contributed by atoms with Crippen molar-refractivity contribution in [1.29, 1.82) is 0 Å². The molecule has 3 aromatic carbocycles. The summed E-state index contributed by atoms with van der Waals surface area (Å²) in [5, 5.41) is 41.2. The summed E-state index contributed by atoms with van der Waals surface area (Å²) in [5.41, 5.74) is 2.84. The monoisotopic (exact) mass is 626 g/mol. The Morgan fingerprint density at radius 1 is 0.578 bits per heavy atom. The summed E-state index contributed by atoms with van der Waals surface area (Å²) in [7, 11) is 1.45. The Labute approximate surface area is 262 Å². The van der Waals surface area contributed by atoms with Crippen molar-refractivity contribution in [3.63, 3.8) is 0 Å². The van der Waals surface area contributed by atoms with Gasteiger partial charge >= 0.3 is 0 Å². The number of methoxy groups -OCH3 is 1. The summed E-state index contributed by atoms with van der Waals surface area (Å²) >= 11 is 0. The first kappa shape index (κ1) is 33.6. The number of hydrogen-bond acceptors (Lipinski definition) is 11. The summed E-state index contributed by atoms with van der Waals surface area (Å²) in [5.74, 6) is 0. The highest BCUT2D eigenvalue weighted by atomic mass is 16.8. The zero-order valence-electron chi connectivity index (χ0n) is 25.1. The molecular formula is C34H42O11. The minimum Gasteiger partial charge on any atom is -0.394 e. The molecule has 4 N–H and O–H groups in total. The summed E-state index contributed by atoms with van der Waals surface area (Å²) < 4.78 is 43.2. The Morgan fingerprint density at radius 2 is 1.09 bits per heavy atom. The van der Waals surface area contributed by atoms with Gasteiger partial charge in [-0.2, -0.15) is 0 Å². The molecule has 0 spiro atoms. The second-order valence-corrected chi connectivity index (χ2v) is 11.1. The van der Waals surface area contributed by atoms with Crippen molar-refractivity contribution in [3.05, 3.63) is 108 Å². The third-order valence-electron chi connectivity index (χ3n) is 7.93. The Hall–Kier alpha value is -2.78. The van der Waals surface area contributed by atoms with Gasteiger partial charge in [-0.3, -0.25) is 0 Å². The molecule has 3 aromatic rings. The normalized spacial score (nSPS) is 31.9. The minimum absolute atomic E-state index is 0.145. The van der Waals surface area contributed by atoms with Crippen LogP contribution < -0.4 is 0 Å². The maximum atomic E-state index is 10.8. The van der Waals surface area contributed by atoms with Crippen LogP contribution in [0.5, 0.6) is 0 Å². The molecule has 10 atom stereocenters. The van der Waals surface area contributed by atoms with Crippen LogP contribution in [0.1, 0.15) is 16.7 Å². The highest BCUT2D eigenvalue weighted by Crippen LogP contribution is 2.33. The standard InChI is InChI=1S/C34H42O11/c1-39-34-32(45-33-29(38)28(37)27(36)25(17-35)43-33)31(42-20-24-15-9-4-10-16-24)30(41-19-23-13-7-3-8-14-23)26(44-34)21-40-18-22-11-5-2-6-12-22/h2-16,25-38H,17-21H2,1H3/t25-,26+,27-,28+,29+,30-,31-,32-,33-,34+/m1/s1. The quantitative estimate of drug-likeness (QED) is 0.208. The van der Waals surface area contributed by atoms with Gasteiger partial charge in [0.2, 0.25) is 0 Å². The third-order valence-corrected chi connectivity index (χ3v) is 7.93. The van der Waals surface area contributed by atoms with Crippen molar-refractivity contribution >= 4 is 0 Å². The molecule has 0 radical (unpaired) electrons. The van der Waals surface area contributed by atoms with Crippen LogP contribution in [0, 0.1) is 0 Å². The van der Waals surface area contributed by atoms with Crippen LogP contribution in [-0.4, -0.2) is 102 Å². The lowest BCUT2D eigenvalue weighted by Gasteiger charge is -2.48. The average Bonchev–Trinajstić information content (AvgIpc) is 3.08. The number of benzene rings is 3. The van der Waals surface area contributed by atoms with E-state index in [9.17, 15) is 20.4 Å². The molecule has 0 saturated carbocycles. The molecule has 0 aliphatic carbocycles. The minimum atomic E-state index is -1.63.